The van der Waals surface area contributed by atoms with Crippen LogP contribution < -0.4 is 0 Å². The minimum atomic E-state index is -0.205. The van der Waals surface area contributed by atoms with Gasteiger partial charge >= 0.3 is 0 Å². The first kappa shape index (κ1) is 12.3. The highest BCUT2D eigenvalue weighted by Crippen LogP contribution is 2.21. The molecule has 1 saturated heterocycles. The van der Waals surface area contributed by atoms with Gasteiger partial charge in [0.25, 0.3) is 0 Å². The van der Waals surface area contributed by atoms with Gasteiger partial charge in [0.2, 0.25) is 0 Å². The highest BCUT2D eigenvalue weighted by molar-refractivity contribution is 9.10. The number of halogens is 3. The first-order valence-electron chi connectivity index (χ1n) is 5.45. The van der Waals surface area contributed by atoms with Crippen LogP contribution in [-0.4, -0.2) is 23.4 Å². The van der Waals surface area contributed by atoms with Gasteiger partial charge in [-0.15, -0.1) is 11.6 Å². The molecule has 0 atom stereocenters. The number of alkyl halides is 1. The standard InChI is InChI=1S/C12H14BrClFN/c13-11-7-9(1-2-12(11)15)8-16-5-3-10(14)4-6-16/h1-2,7,10H,3-6,8H2. The first-order valence-corrected chi connectivity index (χ1v) is 6.68. The molecular formula is C12H14BrClFN. The Kier molecular flexibility index (Phi) is 4.22. The summed E-state index contributed by atoms with van der Waals surface area (Å²) in [5.74, 6) is -0.205. The zero-order valence-electron chi connectivity index (χ0n) is 8.93. The van der Waals surface area contributed by atoms with Crippen molar-refractivity contribution in [2.75, 3.05) is 13.1 Å². The minimum Gasteiger partial charge on any atom is -0.299 e. The largest absolute Gasteiger partial charge is 0.299 e. The summed E-state index contributed by atoms with van der Waals surface area (Å²) in [6.45, 7) is 2.94. The number of likely N-dealkylation sites (tertiary alicyclic amines) is 1. The van der Waals surface area contributed by atoms with E-state index < -0.39 is 0 Å². The topological polar surface area (TPSA) is 3.24 Å². The second-order valence-corrected chi connectivity index (χ2v) is 5.67. The quantitative estimate of drug-likeness (QED) is 0.751. The molecule has 2 rings (SSSR count). The van der Waals surface area contributed by atoms with Crippen LogP contribution in [0.25, 0.3) is 0 Å². The normalized spacial score (nSPS) is 18.9. The molecule has 1 heterocycles. The van der Waals surface area contributed by atoms with Crippen LogP contribution in [0.5, 0.6) is 0 Å². The second kappa shape index (κ2) is 5.48. The minimum absolute atomic E-state index is 0.205. The van der Waals surface area contributed by atoms with Gasteiger partial charge in [0.05, 0.1) is 4.47 Å². The van der Waals surface area contributed by atoms with E-state index in [1.807, 2.05) is 12.1 Å². The lowest BCUT2D eigenvalue weighted by molar-refractivity contribution is 0.223. The molecule has 1 nitrogen and oxygen atoms in total. The molecule has 0 amide bonds. The number of benzene rings is 1. The van der Waals surface area contributed by atoms with Crippen molar-refractivity contribution in [3.05, 3.63) is 34.1 Å². The fourth-order valence-corrected chi connectivity index (χ4v) is 2.58. The van der Waals surface area contributed by atoms with Crippen molar-refractivity contribution in [2.45, 2.75) is 24.8 Å². The van der Waals surface area contributed by atoms with Crippen LogP contribution in [0.2, 0.25) is 0 Å². The van der Waals surface area contributed by atoms with Gasteiger partial charge < -0.3 is 0 Å². The molecule has 1 fully saturated rings. The molecule has 1 aliphatic heterocycles. The van der Waals surface area contributed by atoms with Gasteiger partial charge in [-0.1, -0.05) is 6.07 Å². The molecule has 88 valence electrons. The van der Waals surface area contributed by atoms with E-state index in [4.69, 9.17) is 11.6 Å². The van der Waals surface area contributed by atoms with E-state index in [0.29, 0.717) is 9.85 Å². The molecule has 0 bridgehead atoms. The summed E-state index contributed by atoms with van der Waals surface area (Å²) in [5.41, 5.74) is 1.14. The van der Waals surface area contributed by atoms with E-state index in [1.165, 1.54) is 6.07 Å². The van der Waals surface area contributed by atoms with Gasteiger partial charge in [0.1, 0.15) is 5.82 Å². The third-order valence-electron chi connectivity index (χ3n) is 2.91. The van der Waals surface area contributed by atoms with Gasteiger partial charge in [-0.3, -0.25) is 4.90 Å². The Hall–Kier alpha value is -0.120. The number of nitrogens with zero attached hydrogens (tertiary/aromatic N) is 1. The number of rotatable bonds is 2. The maximum Gasteiger partial charge on any atom is 0.137 e. The molecule has 1 aromatic carbocycles. The first-order chi connectivity index (χ1) is 7.65. The van der Waals surface area contributed by atoms with Crippen LogP contribution in [-0.2, 0) is 6.54 Å². The average molecular weight is 307 g/mol. The van der Waals surface area contributed by atoms with Crippen molar-refractivity contribution >= 4 is 27.5 Å². The Morgan fingerprint density at radius 3 is 2.69 bits per heavy atom. The molecule has 0 saturated carbocycles. The molecule has 0 unspecified atom stereocenters. The lowest BCUT2D eigenvalue weighted by atomic mass is 10.1. The maximum absolute atomic E-state index is 13.1. The molecule has 0 radical (unpaired) electrons. The van der Waals surface area contributed by atoms with E-state index in [-0.39, 0.29) is 5.82 Å². The van der Waals surface area contributed by atoms with Crippen LogP contribution in [0.4, 0.5) is 4.39 Å². The van der Waals surface area contributed by atoms with Gasteiger partial charge in [0.15, 0.2) is 0 Å². The molecular weight excluding hydrogens is 292 g/mol. The van der Waals surface area contributed by atoms with Crippen molar-refractivity contribution < 1.29 is 4.39 Å². The molecule has 0 aromatic heterocycles. The third-order valence-corrected chi connectivity index (χ3v) is 3.95. The SMILES string of the molecule is Fc1ccc(CN2CCC(Cl)CC2)cc1Br. The van der Waals surface area contributed by atoms with Crippen LogP contribution in [0.15, 0.2) is 22.7 Å². The second-order valence-electron chi connectivity index (χ2n) is 4.20. The zero-order chi connectivity index (χ0) is 11.5. The van der Waals surface area contributed by atoms with Crippen LogP contribution in [0.3, 0.4) is 0 Å². The average Bonchev–Trinajstić information content (AvgIpc) is 2.27. The van der Waals surface area contributed by atoms with E-state index in [2.05, 4.69) is 20.8 Å². The predicted octanol–water partition coefficient (Wildman–Crippen LogP) is 3.79. The van der Waals surface area contributed by atoms with Crippen molar-refractivity contribution in [2.24, 2.45) is 0 Å². The smallest absolute Gasteiger partial charge is 0.137 e. The summed E-state index contributed by atoms with van der Waals surface area (Å²) in [5, 5.41) is 0.330. The van der Waals surface area contributed by atoms with Crippen LogP contribution in [0.1, 0.15) is 18.4 Å². The van der Waals surface area contributed by atoms with E-state index >= 15 is 0 Å². The summed E-state index contributed by atoms with van der Waals surface area (Å²) in [6, 6.07) is 5.20. The Morgan fingerprint density at radius 2 is 2.06 bits per heavy atom. The van der Waals surface area contributed by atoms with Crippen molar-refractivity contribution in [1.29, 1.82) is 0 Å². The highest BCUT2D eigenvalue weighted by atomic mass is 79.9. The summed E-state index contributed by atoms with van der Waals surface area (Å²) in [4.78, 5) is 2.36. The number of piperidine rings is 1. The van der Waals surface area contributed by atoms with Gasteiger partial charge in [0, 0.05) is 11.9 Å². The summed E-state index contributed by atoms with van der Waals surface area (Å²) < 4.78 is 13.6. The lowest BCUT2D eigenvalue weighted by Gasteiger charge is -2.29. The van der Waals surface area contributed by atoms with E-state index in [0.717, 1.165) is 38.0 Å². The van der Waals surface area contributed by atoms with Gasteiger partial charge in [-0.25, -0.2) is 4.39 Å². The van der Waals surface area contributed by atoms with Gasteiger partial charge in [-0.05, 0) is 59.6 Å². The third kappa shape index (κ3) is 3.19. The number of hydrogen-bond donors (Lipinski definition) is 0. The molecule has 1 aliphatic rings. The van der Waals surface area contributed by atoms with Crippen molar-refractivity contribution in [1.82, 2.24) is 4.90 Å². The lowest BCUT2D eigenvalue weighted by Crippen LogP contribution is -2.33. The Balaban J connectivity index is 1.96. The van der Waals surface area contributed by atoms with E-state index in [9.17, 15) is 4.39 Å². The Bertz CT molecular complexity index is 364. The highest BCUT2D eigenvalue weighted by Gasteiger charge is 2.17. The molecule has 4 heteroatoms. The van der Waals surface area contributed by atoms with Crippen LogP contribution in [0, 0.1) is 5.82 Å². The zero-order valence-corrected chi connectivity index (χ0v) is 11.3. The Labute approximate surface area is 109 Å². The molecule has 0 spiro atoms. The Morgan fingerprint density at radius 1 is 1.38 bits per heavy atom. The van der Waals surface area contributed by atoms with E-state index in [1.54, 1.807) is 0 Å². The van der Waals surface area contributed by atoms with Crippen molar-refractivity contribution in [3.8, 4) is 0 Å². The molecule has 0 aliphatic carbocycles. The molecule has 1 aromatic rings. The summed E-state index contributed by atoms with van der Waals surface area (Å²) in [6.07, 6.45) is 2.09. The monoisotopic (exact) mass is 305 g/mol. The predicted molar refractivity (Wildman–Crippen MR) is 68.3 cm³/mol. The van der Waals surface area contributed by atoms with Crippen molar-refractivity contribution in [3.63, 3.8) is 0 Å². The summed E-state index contributed by atoms with van der Waals surface area (Å²) in [7, 11) is 0. The fraction of sp³-hybridized carbons (Fsp3) is 0.500. The van der Waals surface area contributed by atoms with Crippen LogP contribution >= 0.6 is 27.5 Å². The molecule has 0 N–H and O–H groups in total. The molecule has 16 heavy (non-hydrogen) atoms. The fourth-order valence-electron chi connectivity index (χ4n) is 1.96. The maximum atomic E-state index is 13.1. The van der Waals surface area contributed by atoms with Gasteiger partial charge in [-0.2, -0.15) is 0 Å². The summed E-state index contributed by atoms with van der Waals surface area (Å²) >= 11 is 9.25. The number of hydrogen-bond acceptors (Lipinski definition) is 1.